The maximum absolute atomic E-state index is 12.5. The van der Waals surface area contributed by atoms with Crippen LogP contribution in [-0.4, -0.2) is 41.9 Å². The number of sulfone groups is 1. The number of methoxy groups -OCH3 is 3. The van der Waals surface area contributed by atoms with E-state index in [1.807, 2.05) is 0 Å². The van der Waals surface area contributed by atoms with E-state index in [1.165, 1.54) is 39.5 Å². The molecule has 2 aromatic rings. The summed E-state index contributed by atoms with van der Waals surface area (Å²) in [4.78, 5) is 12.4. The number of carbonyl (C=O) groups excluding carboxylic acids is 1. The molecule has 0 spiro atoms. The minimum absolute atomic E-state index is 0.0515. The average molecular weight is 365 g/mol. The fraction of sp³-hybridized carbons (Fsp3) is 0.235. The number of hydrogen-bond donors (Lipinski definition) is 1. The molecule has 0 saturated carbocycles. The zero-order valence-corrected chi connectivity index (χ0v) is 15.1. The highest BCUT2D eigenvalue weighted by molar-refractivity contribution is 7.90. The summed E-state index contributed by atoms with van der Waals surface area (Å²) in [7, 11) is 0.821. The minimum Gasteiger partial charge on any atom is -0.497 e. The molecule has 0 bridgehead atoms. The minimum atomic E-state index is -3.54. The maximum atomic E-state index is 12.5. The van der Waals surface area contributed by atoms with Crippen molar-refractivity contribution in [3.63, 3.8) is 0 Å². The lowest BCUT2D eigenvalue weighted by Gasteiger charge is -2.13. The second-order valence-corrected chi connectivity index (χ2v) is 7.14. The van der Waals surface area contributed by atoms with Crippen LogP contribution in [-0.2, 0) is 9.84 Å². The van der Waals surface area contributed by atoms with Gasteiger partial charge in [0.1, 0.15) is 22.1 Å². The molecule has 0 atom stereocenters. The zero-order valence-electron chi connectivity index (χ0n) is 14.3. The van der Waals surface area contributed by atoms with Crippen molar-refractivity contribution in [1.82, 2.24) is 0 Å². The first-order chi connectivity index (χ1) is 11.8. The van der Waals surface area contributed by atoms with Gasteiger partial charge in [-0.15, -0.1) is 0 Å². The van der Waals surface area contributed by atoms with Gasteiger partial charge in [0.2, 0.25) is 0 Å². The van der Waals surface area contributed by atoms with Crippen molar-refractivity contribution in [2.45, 2.75) is 4.90 Å². The Morgan fingerprint density at radius 1 is 0.920 bits per heavy atom. The lowest BCUT2D eigenvalue weighted by molar-refractivity contribution is 0.102. The topological polar surface area (TPSA) is 90.9 Å². The molecule has 134 valence electrons. The Labute approximate surface area is 146 Å². The van der Waals surface area contributed by atoms with Gasteiger partial charge < -0.3 is 19.5 Å². The van der Waals surface area contributed by atoms with Crippen LogP contribution in [0, 0.1) is 0 Å². The first-order valence-electron chi connectivity index (χ1n) is 7.21. The van der Waals surface area contributed by atoms with Crippen LogP contribution in [0.15, 0.2) is 41.3 Å². The SMILES string of the molecule is COc1ccc(NC(=O)c2ccc(OC)c(S(C)(=O)=O)c2)c(OC)c1. The van der Waals surface area contributed by atoms with Gasteiger partial charge in [-0.25, -0.2) is 8.42 Å². The highest BCUT2D eigenvalue weighted by Crippen LogP contribution is 2.30. The molecule has 0 heterocycles. The van der Waals surface area contributed by atoms with Gasteiger partial charge in [-0.05, 0) is 30.3 Å². The van der Waals surface area contributed by atoms with E-state index in [0.29, 0.717) is 17.2 Å². The van der Waals surface area contributed by atoms with Crippen LogP contribution in [0.2, 0.25) is 0 Å². The fourth-order valence-corrected chi connectivity index (χ4v) is 3.06. The van der Waals surface area contributed by atoms with E-state index < -0.39 is 15.7 Å². The quantitative estimate of drug-likeness (QED) is 0.845. The Morgan fingerprint density at radius 2 is 1.60 bits per heavy atom. The van der Waals surface area contributed by atoms with Crippen molar-refractivity contribution < 1.29 is 27.4 Å². The van der Waals surface area contributed by atoms with Crippen LogP contribution < -0.4 is 19.5 Å². The number of carbonyl (C=O) groups is 1. The van der Waals surface area contributed by atoms with Crippen molar-refractivity contribution in [1.29, 1.82) is 0 Å². The largest absolute Gasteiger partial charge is 0.497 e. The molecule has 0 aliphatic carbocycles. The third-order valence-corrected chi connectivity index (χ3v) is 4.60. The van der Waals surface area contributed by atoms with Gasteiger partial charge in [-0.2, -0.15) is 0 Å². The van der Waals surface area contributed by atoms with Gasteiger partial charge in [0.25, 0.3) is 5.91 Å². The number of benzene rings is 2. The predicted octanol–water partition coefficient (Wildman–Crippen LogP) is 2.37. The molecule has 0 aromatic heterocycles. The fourth-order valence-electron chi connectivity index (χ4n) is 2.20. The van der Waals surface area contributed by atoms with E-state index in [1.54, 1.807) is 18.2 Å². The normalized spacial score (nSPS) is 10.9. The third kappa shape index (κ3) is 4.21. The summed E-state index contributed by atoms with van der Waals surface area (Å²) in [6.45, 7) is 0. The summed E-state index contributed by atoms with van der Waals surface area (Å²) < 4.78 is 39.1. The van der Waals surface area contributed by atoms with Crippen LogP contribution >= 0.6 is 0 Å². The molecule has 7 nitrogen and oxygen atoms in total. The molecule has 0 radical (unpaired) electrons. The van der Waals surface area contributed by atoms with Crippen LogP contribution in [0.1, 0.15) is 10.4 Å². The van der Waals surface area contributed by atoms with E-state index in [2.05, 4.69) is 5.32 Å². The summed E-state index contributed by atoms with van der Waals surface area (Å²) in [6.07, 6.45) is 1.05. The van der Waals surface area contributed by atoms with E-state index in [9.17, 15) is 13.2 Å². The van der Waals surface area contributed by atoms with Crippen molar-refractivity contribution >= 4 is 21.4 Å². The van der Waals surface area contributed by atoms with Crippen LogP contribution in [0.3, 0.4) is 0 Å². The summed E-state index contributed by atoms with van der Waals surface area (Å²) in [6, 6.07) is 9.14. The molecule has 1 N–H and O–H groups in total. The van der Waals surface area contributed by atoms with Crippen molar-refractivity contribution in [2.24, 2.45) is 0 Å². The second-order valence-electron chi connectivity index (χ2n) is 5.16. The Bertz CT molecular complexity index is 892. The highest BCUT2D eigenvalue weighted by Gasteiger charge is 2.18. The lowest BCUT2D eigenvalue weighted by Crippen LogP contribution is -2.14. The Kier molecular flexibility index (Phi) is 5.53. The second kappa shape index (κ2) is 7.43. The van der Waals surface area contributed by atoms with E-state index in [-0.39, 0.29) is 16.2 Å². The number of anilines is 1. The molecule has 0 aliphatic heterocycles. The number of ether oxygens (including phenoxy) is 3. The van der Waals surface area contributed by atoms with Gasteiger partial charge in [-0.3, -0.25) is 4.79 Å². The van der Waals surface area contributed by atoms with Crippen LogP contribution in [0.4, 0.5) is 5.69 Å². The third-order valence-electron chi connectivity index (χ3n) is 3.48. The summed E-state index contributed by atoms with van der Waals surface area (Å²) >= 11 is 0. The van der Waals surface area contributed by atoms with E-state index >= 15 is 0 Å². The monoisotopic (exact) mass is 365 g/mol. The first kappa shape index (κ1) is 18.6. The predicted molar refractivity (Wildman–Crippen MR) is 93.6 cm³/mol. The summed E-state index contributed by atoms with van der Waals surface area (Å²) in [5.41, 5.74) is 0.615. The first-order valence-corrected chi connectivity index (χ1v) is 9.10. The molecule has 25 heavy (non-hydrogen) atoms. The molecule has 2 aromatic carbocycles. The molecular weight excluding hydrogens is 346 g/mol. The van der Waals surface area contributed by atoms with Gasteiger partial charge in [0.05, 0.1) is 27.0 Å². The number of amides is 1. The number of nitrogens with one attached hydrogen (secondary N) is 1. The average Bonchev–Trinajstić information content (AvgIpc) is 2.60. The Morgan fingerprint density at radius 3 is 2.16 bits per heavy atom. The van der Waals surface area contributed by atoms with Crippen molar-refractivity contribution in [2.75, 3.05) is 32.9 Å². The highest BCUT2D eigenvalue weighted by atomic mass is 32.2. The molecule has 0 fully saturated rings. The summed E-state index contributed by atoms with van der Waals surface area (Å²) in [5, 5.41) is 2.69. The van der Waals surface area contributed by atoms with Gasteiger partial charge in [0.15, 0.2) is 9.84 Å². The Hall–Kier alpha value is -2.74. The molecule has 1 amide bonds. The molecule has 8 heteroatoms. The maximum Gasteiger partial charge on any atom is 0.255 e. The molecule has 0 saturated heterocycles. The Balaban J connectivity index is 2.36. The van der Waals surface area contributed by atoms with Crippen LogP contribution in [0.25, 0.3) is 0 Å². The van der Waals surface area contributed by atoms with Gasteiger partial charge in [0, 0.05) is 17.9 Å². The van der Waals surface area contributed by atoms with Crippen molar-refractivity contribution in [3.05, 3.63) is 42.0 Å². The number of hydrogen-bond acceptors (Lipinski definition) is 6. The van der Waals surface area contributed by atoms with Gasteiger partial charge in [-0.1, -0.05) is 0 Å². The lowest BCUT2D eigenvalue weighted by atomic mass is 10.2. The summed E-state index contributed by atoms with van der Waals surface area (Å²) in [5.74, 6) is 0.709. The van der Waals surface area contributed by atoms with Crippen LogP contribution in [0.5, 0.6) is 17.2 Å². The standard InChI is InChI=1S/C17H19NO6S/c1-22-12-6-7-13(15(10-12)24-3)18-17(19)11-5-8-14(23-2)16(9-11)25(4,20)21/h5-10H,1-4H3,(H,18,19). The van der Waals surface area contributed by atoms with Gasteiger partial charge >= 0.3 is 0 Å². The van der Waals surface area contributed by atoms with E-state index in [0.717, 1.165) is 6.26 Å². The zero-order chi connectivity index (χ0) is 18.6. The molecule has 0 unspecified atom stereocenters. The van der Waals surface area contributed by atoms with Crippen molar-refractivity contribution in [3.8, 4) is 17.2 Å². The van der Waals surface area contributed by atoms with E-state index in [4.69, 9.17) is 14.2 Å². The molecule has 0 aliphatic rings. The smallest absolute Gasteiger partial charge is 0.255 e. The number of rotatable bonds is 6. The molecular formula is C17H19NO6S. The molecule has 2 rings (SSSR count).